The van der Waals surface area contributed by atoms with E-state index in [-0.39, 0.29) is 12.6 Å². The zero-order valence-electron chi connectivity index (χ0n) is 8.01. The molecule has 0 aliphatic heterocycles. The van der Waals surface area contributed by atoms with E-state index >= 15 is 0 Å². The molecule has 1 heterocycles. The molecule has 0 fully saturated rings. The fourth-order valence-corrected chi connectivity index (χ4v) is 1.17. The van der Waals surface area contributed by atoms with E-state index in [1.165, 1.54) is 0 Å². The third kappa shape index (κ3) is 2.43. The second-order valence-electron chi connectivity index (χ2n) is 3.02. The zero-order valence-corrected chi connectivity index (χ0v) is 8.01. The van der Waals surface area contributed by atoms with Crippen molar-refractivity contribution in [1.29, 1.82) is 0 Å². The molecule has 1 aromatic carbocycles. The molecule has 1 aromatic heterocycles. The molecule has 4 heteroatoms. The number of H-pyrrole nitrogens is 1. The van der Waals surface area contributed by atoms with Gasteiger partial charge in [-0.15, -0.1) is 0 Å². The molecule has 0 bridgehead atoms. The number of benzene rings is 1. The number of aromatic nitrogens is 2. The molecule has 2 rings (SSSR count). The molecule has 76 valence electrons. The molecule has 0 unspecified atom stereocenters. The Bertz CT molecular complexity index is 423. The number of hydrogen-bond acceptors (Lipinski definition) is 3. The summed E-state index contributed by atoms with van der Waals surface area (Å²) in [4.78, 5) is 11.5. The van der Waals surface area contributed by atoms with Crippen LogP contribution in [0.2, 0.25) is 0 Å². The lowest BCUT2D eigenvalue weighted by atomic mass is 10.2. The van der Waals surface area contributed by atoms with Crippen LogP contribution in [0.25, 0.3) is 0 Å². The van der Waals surface area contributed by atoms with E-state index in [0.717, 1.165) is 5.69 Å². The molecule has 15 heavy (non-hydrogen) atoms. The van der Waals surface area contributed by atoms with Crippen LogP contribution < -0.4 is 0 Å². The van der Waals surface area contributed by atoms with Crippen LogP contribution in [0.3, 0.4) is 0 Å². The largest absolute Gasteiger partial charge is 0.456 e. The van der Waals surface area contributed by atoms with Crippen LogP contribution in [-0.2, 0) is 11.3 Å². The topological polar surface area (TPSA) is 55.0 Å². The summed E-state index contributed by atoms with van der Waals surface area (Å²) in [6.45, 7) is 0.216. The van der Waals surface area contributed by atoms with Crippen molar-refractivity contribution in [2.45, 2.75) is 6.61 Å². The van der Waals surface area contributed by atoms with E-state index in [0.29, 0.717) is 5.56 Å². The van der Waals surface area contributed by atoms with Crippen molar-refractivity contribution in [1.82, 2.24) is 10.2 Å². The van der Waals surface area contributed by atoms with Gasteiger partial charge in [0.15, 0.2) is 0 Å². The summed E-state index contributed by atoms with van der Waals surface area (Å²) in [6.07, 6.45) is 1.62. The van der Waals surface area contributed by atoms with Gasteiger partial charge in [0.1, 0.15) is 6.61 Å². The first kappa shape index (κ1) is 9.45. The van der Waals surface area contributed by atoms with Crippen LogP contribution in [0.4, 0.5) is 0 Å². The molecule has 0 spiro atoms. The summed E-state index contributed by atoms with van der Waals surface area (Å²) < 4.78 is 5.06. The van der Waals surface area contributed by atoms with Gasteiger partial charge in [0.05, 0.1) is 11.3 Å². The Morgan fingerprint density at radius 1 is 1.27 bits per heavy atom. The van der Waals surface area contributed by atoms with Gasteiger partial charge in [-0.1, -0.05) is 18.2 Å². The number of ether oxygens (including phenoxy) is 1. The fourth-order valence-electron chi connectivity index (χ4n) is 1.17. The minimum absolute atomic E-state index is 0.216. The molecule has 1 N–H and O–H groups in total. The first-order chi connectivity index (χ1) is 7.36. The highest BCUT2D eigenvalue weighted by molar-refractivity contribution is 5.89. The molecule has 4 nitrogen and oxygen atoms in total. The summed E-state index contributed by atoms with van der Waals surface area (Å²) in [5.41, 5.74) is 1.33. The van der Waals surface area contributed by atoms with Crippen LogP contribution in [0.15, 0.2) is 42.6 Å². The molecule has 0 aliphatic carbocycles. The lowest BCUT2D eigenvalue weighted by molar-refractivity contribution is 0.0467. The second kappa shape index (κ2) is 4.41. The van der Waals surface area contributed by atoms with Crippen molar-refractivity contribution in [3.8, 4) is 0 Å². The van der Waals surface area contributed by atoms with E-state index < -0.39 is 0 Å². The summed E-state index contributed by atoms with van der Waals surface area (Å²) >= 11 is 0. The van der Waals surface area contributed by atoms with Gasteiger partial charge in [-0.3, -0.25) is 5.10 Å². The van der Waals surface area contributed by atoms with Crippen LogP contribution in [0, 0.1) is 0 Å². The first-order valence-electron chi connectivity index (χ1n) is 4.56. The van der Waals surface area contributed by atoms with Crippen molar-refractivity contribution in [3.05, 3.63) is 53.9 Å². The van der Waals surface area contributed by atoms with E-state index in [1.54, 1.807) is 36.5 Å². The summed E-state index contributed by atoms with van der Waals surface area (Å²) in [5, 5.41) is 6.47. The summed E-state index contributed by atoms with van der Waals surface area (Å²) in [6, 6.07) is 10.6. The number of carbonyl (C=O) groups is 1. The van der Waals surface area contributed by atoms with Gasteiger partial charge in [0, 0.05) is 6.20 Å². The highest BCUT2D eigenvalue weighted by Crippen LogP contribution is 2.03. The molecular formula is C11H10N2O2. The predicted octanol–water partition coefficient (Wildman–Crippen LogP) is 1.77. The van der Waals surface area contributed by atoms with Crippen molar-refractivity contribution >= 4 is 5.97 Å². The molecule has 0 atom stereocenters. The maximum absolute atomic E-state index is 11.5. The first-order valence-corrected chi connectivity index (χ1v) is 4.56. The lowest BCUT2D eigenvalue weighted by Gasteiger charge is -2.02. The molecule has 0 aliphatic rings. The van der Waals surface area contributed by atoms with E-state index in [9.17, 15) is 4.79 Å². The maximum Gasteiger partial charge on any atom is 0.338 e. The van der Waals surface area contributed by atoms with Crippen molar-refractivity contribution < 1.29 is 9.53 Å². The van der Waals surface area contributed by atoms with E-state index in [4.69, 9.17) is 4.74 Å². The average Bonchev–Trinajstić information content (AvgIpc) is 2.80. The average molecular weight is 202 g/mol. The summed E-state index contributed by atoms with van der Waals surface area (Å²) in [7, 11) is 0. The second-order valence-corrected chi connectivity index (χ2v) is 3.02. The molecular weight excluding hydrogens is 192 g/mol. The normalized spacial score (nSPS) is 9.87. The Hall–Kier alpha value is -2.10. The molecule has 0 amide bonds. The van der Waals surface area contributed by atoms with Crippen molar-refractivity contribution in [2.75, 3.05) is 0 Å². The van der Waals surface area contributed by atoms with Gasteiger partial charge in [0.25, 0.3) is 0 Å². The maximum atomic E-state index is 11.5. The smallest absolute Gasteiger partial charge is 0.338 e. The Kier molecular flexibility index (Phi) is 2.78. The third-order valence-electron chi connectivity index (χ3n) is 1.93. The quantitative estimate of drug-likeness (QED) is 0.771. The molecule has 0 saturated heterocycles. The highest BCUT2D eigenvalue weighted by Gasteiger charge is 2.05. The van der Waals surface area contributed by atoms with Gasteiger partial charge >= 0.3 is 5.97 Å². The van der Waals surface area contributed by atoms with Gasteiger partial charge in [0.2, 0.25) is 0 Å². The van der Waals surface area contributed by atoms with Crippen molar-refractivity contribution in [3.63, 3.8) is 0 Å². The standard InChI is InChI=1S/C11H10N2O2/c14-11(9-4-2-1-3-5-9)15-8-10-6-7-12-13-10/h1-7H,8H2,(H,12,13). The number of nitrogens with one attached hydrogen (secondary N) is 1. The molecule has 2 aromatic rings. The SMILES string of the molecule is O=C(OCc1ccn[nH]1)c1ccccc1. The number of rotatable bonds is 3. The number of aromatic amines is 1. The third-order valence-corrected chi connectivity index (χ3v) is 1.93. The Morgan fingerprint density at radius 2 is 2.07 bits per heavy atom. The predicted molar refractivity (Wildman–Crippen MR) is 54.1 cm³/mol. The zero-order chi connectivity index (χ0) is 10.5. The van der Waals surface area contributed by atoms with Gasteiger partial charge in [-0.05, 0) is 18.2 Å². The van der Waals surface area contributed by atoms with Gasteiger partial charge in [-0.25, -0.2) is 4.79 Å². The molecule has 0 radical (unpaired) electrons. The van der Waals surface area contributed by atoms with Gasteiger partial charge in [-0.2, -0.15) is 5.10 Å². The van der Waals surface area contributed by atoms with Crippen LogP contribution in [-0.4, -0.2) is 16.2 Å². The monoisotopic (exact) mass is 202 g/mol. The van der Waals surface area contributed by atoms with Crippen molar-refractivity contribution in [2.24, 2.45) is 0 Å². The van der Waals surface area contributed by atoms with Crippen LogP contribution >= 0.6 is 0 Å². The minimum Gasteiger partial charge on any atom is -0.456 e. The lowest BCUT2D eigenvalue weighted by Crippen LogP contribution is -2.05. The Balaban J connectivity index is 1.94. The summed E-state index contributed by atoms with van der Waals surface area (Å²) in [5.74, 6) is -0.329. The van der Waals surface area contributed by atoms with E-state index in [1.807, 2.05) is 6.07 Å². The fraction of sp³-hybridized carbons (Fsp3) is 0.0909. The van der Waals surface area contributed by atoms with Crippen LogP contribution in [0.5, 0.6) is 0 Å². The van der Waals surface area contributed by atoms with Gasteiger partial charge < -0.3 is 4.74 Å². The Morgan fingerprint density at radius 3 is 2.73 bits per heavy atom. The number of hydrogen-bond donors (Lipinski definition) is 1. The number of esters is 1. The Labute approximate surface area is 86.9 Å². The number of carbonyl (C=O) groups excluding carboxylic acids is 1. The number of nitrogens with zero attached hydrogens (tertiary/aromatic N) is 1. The minimum atomic E-state index is -0.329. The van der Waals surface area contributed by atoms with E-state index in [2.05, 4.69) is 10.2 Å². The van der Waals surface area contributed by atoms with Crippen LogP contribution in [0.1, 0.15) is 16.1 Å². The highest BCUT2D eigenvalue weighted by atomic mass is 16.5. The molecule has 0 saturated carbocycles.